The van der Waals surface area contributed by atoms with E-state index in [1.54, 1.807) is 0 Å². The number of carbonyl (C=O) groups is 3. The minimum Gasteiger partial charge on any atom is -0.454 e. The van der Waals surface area contributed by atoms with E-state index in [2.05, 4.69) is 5.32 Å². The molecule has 2 heterocycles. The number of nitrogens with one attached hydrogen (secondary N) is 1. The van der Waals surface area contributed by atoms with E-state index in [4.69, 9.17) is 10.5 Å². The molecule has 1 aromatic carbocycles. The Balaban J connectivity index is 1.38. The Labute approximate surface area is 171 Å². The van der Waals surface area contributed by atoms with Crippen LogP contribution in [0.2, 0.25) is 0 Å². The zero-order chi connectivity index (χ0) is 20.5. The number of hydrogen-bond acceptors (Lipinski definition) is 5. The van der Waals surface area contributed by atoms with E-state index in [0.29, 0.717) is 10.6 Å². The molecule has 2 amide bonds. The highest BCUT2D eigenvalue weighted by Crippen LogP contribution is 2.38. The highest BCUT2D eigenvalue weighted by molar-refractivity contribution is 7.17. The number of nitrogens with zero attached hydrogens (tertiary/aromatic N) is 1. The number of benzene rings is 1. The van der Waals surface area contributed by atoms with Crippen molar-refractivity contribution in [1.82, 2.24) is 4.57 Å². The minimum absolute atomic E-state index is 0.0203. The molecular formula is C21H21N3O4S. The Hall–Kier alpha value is -3.13. The molecule has 0 aliphatic heterocycles. The van der Waals surface area contributed by atoms with Gasteiger partial charge in [0.1, 0.15) is 11.5 Å². The molecule has 0 spiro atoms. The molecule has 4 rings (SSSR count). The lowest BCUT2D eigenvalue weighted by atomic mass is 10.1. The van der Waals surface area contributed by atoms with Gasteiger partial charge >= 0.3 is 5.97 Å². The predicted molar refractivity (Wildman–Crippen MR) is 111 cm³/mol. The van der Waals surface area contributed by atoms with Crippen LogP contribution >= 0.6 is 11.3 Å². The topological polar surface area (TPSA) is 103 Å². The normalized spacial score (nSPS) is 12.7. The number of primary amides is 1. The molecule has 0 atom stereocenters. The highest BCUT2D eigenvalue weighted by atomic mass is 32.1. The summed E-state index contributed by atoms with van der Waals surface area (Å²) in [4.78, 5) is 37.4. The van der Waals surface area contributed by atoms with Gasteiger partial charge in [0.2, 0.25) is 0 Å². The van der Waals surface area contributed by atoms with Crippen molar-refractivity contribution >= 4 is 45.0 Å². The van der Waals surface area contributed by atoms with E-state index >= 15 is 0 Å². The second-order valence-corrected chi connectivity index (χ2v) is 8.17. The molecule has 1 aliphatic carbocycles. The molecule has 150 valence electrons. The van der Waals surface area contributed by atoms with Crippen LogP contribution in [0.15, 0.2) is 30.3 Å². The summed E-state index contributed by atoms with van der Waals surface area (Å²) in [6.45, 7) is 1.52. The number of thiophene rings is 1. The lowest BCUT2D eigenvalue weighted by Gasteiger charge is -2.09. The summed E-state index contributed by atoms with van der Waals surface area (Å²) in [5, 5.41) is 4.15. The first-order valence-electron chi connectivity index (χ1n) is 9.38. The lowest BCUT2D eigenvalue weighted by molar-refractivity contribution is -0.147. The van der Waals surface area contributed by atoms with Crippen molar-refractivity contribution in [1.29, 1.82) is 0 Å². The number of fused-ring (bicyclic) bond motifs is 2. The fourth-order valence-corrected chi connectivity index (χ4v) is 5.11. The van der Waals surface area contributed by atoms with Crippen LogP contribution < -0.4 is 11.1 Å². The number of aryl methyl sites for hydroxylation is 2. The van der Waals surface area contributed by atoms with Gasteiger partial charge in [-0.25, -0.2) is 0 Å². The van der Waals surface area contributed by atoms with Gasteiger partial charge in [0.25, 0.3) is 11.8 Å². The average Bonchev–Trinajstić information content (AvgIpc) is 3.33. The van der Waals surface area contributed by atoms with Crippen LogP contribution in [0.3, 0.4) is 0 Å². The molecule has 3 aromatic rings. The van der Waals surface area contributed by atoms with Crippen LogP contribution in [0.5, 0.6) is 0 Å². The van der Waals surface area contributed by atoms with Crippen LogP contribution in [0.4, 0.5) is 5.00 Å². The van der Waals surface area contributed by atoms with E-state index in [1.807, 2.05) is 41.8 Å². The Bertz CT molecular complexity index is 1130. The van der Waals surface area contributed by atoms with Crippen LogP contribution in [0, 0.1) is 6.92 Å². The van der Waals surface area contributed by atoms with Gasteiger partial charge in [-0.2, -0.15) is 0 Å². The summed E-state index contributed by atoms with van der Waals surface area (Å²) >= 11 is 1.37. The zero-order valence-electron chi connectivity index (χ0n) is 16.0. The first-order chi connectivity index (χ1) is 13.9. The van der Waals surface area contributed by atoms with Gasteiger partial charge in [0, 0.05) is 16.1 Å². The summed E-state index contributed by atoms with van der Waals surface area (Å²) in [6, 6.07) is 9.76. The van der Waals surface area contributed by atoms with Gasteiger partial charge in [-0.3, -0.25) is 14.4 Å². The highest BCUT2D eigenvalue weighted by Gasteiger charge is 2.26. The molecule has 0 radical (unpaired) electrons. The number of rotatable bonds is 6. The van der Waals surface area contributed by atoms with Crippen molar-refractivity contribution in [2.75, 3.05) is 11.9 Å². The average molecular weight is 411 g/mol. The van der Waals surface area contributed by atoms with Crippen molar-refractivity contribution in [2.24, 2.45) is 5.73 Å². The Morgan fingerprint density at radius 1 is 1.24 bits per heavy atom. The van der Waals surface area contributed by atoms with Crippen molar-refractivity contribution in [3.05, 3.63) is 52.0 Å². The number of esters is 1. The minimum atomic E-state index is -0.549. The predicted octanol–water partition coefficient (Wildman–Crippen LogP) is 2.78. The number of ether oxygens (including phenoxy) is 1. The molecule has 2 aromatic heterocycles. The smallest absolute Gasteiger partial charge is 0.326 e. The molecule has 7 nitrogen and oxygen atoms in total. The number of anilines is 1. The summed E-state index contributed by atoms with van der Waals surface area (Å²) in [5.41, 5.74) is 8.69. The maximum Gasteiger partial charge on any atom is 0.326 e. The summed E-state index contributed by atoms with van der Waals surface area (Å²) in [7, 11) is 0. The third-order valence-electron chi connectivity index (χ3n) is 5.09. The first-order valence-corrected chi connectivity index (χ1v) is 10.2. The van der Waals surface area contributed by atoms with Gasteiger partial charge < -0.3 is 20.4 Å². The molecule has 0 saturated heterocycles. The van der Waals surface area contributed by atoms with Crippen molar-refractivity contribution < 1.29 is 19.1 Å². The molecule has 1 aliphatic rings. The molecular weight excluding hydrogens is 390 g/mol. The second kappa shape index (κ2) is 7.71. The molecule has 0 unspecified atom stereocenters. The summed E-state index contributed by atoms with van der Waals surface area (Å²) in [6.07, 6.45) is 2.66. The standard InChI is InChI=1S/C21H21N3O4S/c1-12-9-13-5-2-3-7-15(13)24(12)10-18(26)28-11-17(25)23-21-19(20(22)27)14-6-4-8-16(14)29-21/h2-3,5,7,9H,4,6,8,10-11H2,1H3,(H2,22,27)(H,23,25). The van der Waals surface area contributed by atoms with E-state index in [0.717, 1.165) is 46.3 Å². The molecule has 0 saturated carbocycles. The van der Waals surface area contributed by atoms with Gasteiger partial charge in [0.05, 0.1) is 5.56 Å². The molecule has 3 N–H and O–H groups in total. The van der Waals surface area contributed by atoms with E-state index in [-0.39, 0.29) is 6.54 Å². The summed E-state index contributed by atoms with van der Waals surface area (Å²) in [5.74, 6) is -1.55. The summed E-state index contributed by atoms with van der Waals surface area (Å²) < 4.78 is 7.00. The number of aromatic nitrogens is 1. The Morgan fingerprint density at radius 3 is 2.83 bits per heavy atom. The molecule has 0 fully saturated rings. The maximum atomic E-state index is 12.3. The van der Waals surface area contributed by atoms with E-state index in [9.17, 15) is 14.4 Å². The van der Waals surface area contributed by atoms with Crippen LogP contribution in [0.1, 0.15) is 32.9 Å². The Morgan fingerprint density at radius 2 is 2.03 bits per heavy atom. The van der Waals surface area contributed by atoms with Crippen LogP contribution in [0.25, 0.3) is 10.9 Å². The van der Waals surface area contributed by atoms with Crippen LogP contribution in [-0.2, 0) is 33.7 Å². The van der Waals surface area contributed by atoms with Gasteiger partial charge in [-0.05, 0) is 49.3 Å². The Kier molecular flexibility index (Phi) is 5.10. The maximum absolute atomic E-state index is 12.3. The fourth-order valence-electron chi connectivity index (χ4n) is 3.79. The van der Waals surface area contributed by atoms with Gasteiger partial charge in [-0.1, -0.05) is 18.2 Å². The zero-order valence-corrected chi connectivity index (χ0v) is 16.8. The molecule has 29 heavy (non-hydrogen) atoms. The fraction of sp³-hybridized carbons (Fsp3) is 0.286. The molecule has 0 bridgehead atoms. The van der Waals surface area contributed by atoms with E-state index < -0.39 is 24.4 Å². The number of amides is 2. The lowest BCUT2D eigenvalue weighted by Crippen LogP contribution is -2.24. The third kappa shape index (κ3) is 3.75. The van der Waals surface area contributed by atoms with Gasteiger partial charge in [0.15, 0.2) is 6.61 Å². The third-order valence-corrected chi connectivity index (χ3v) is 6.30. The monoisotopic (exact) mass is 411 g/mol. The van der Waals surface area contributed by atoms with Gasteiger partial charge in [-0.15, -0.1) is 11.3 Å². The number of hydrogen-bond donors (Lipinski definition) is 2. The van der Waals surface area contributed by atoms with Crippen molar-refractivity contribution in [3.8, 4) is 0 Å². The number of para-hydroxylation sites is 1. The SMILES string of the molecule is Cc1cc2ccccc2n1CC(=O)OCC(=O)Nc1sc2c(c1C(N)=O)CCC2. The largest absolute Gasteiger partial charge is 0.454 e. The molecule has 8 heteroatoms. The van der Waals surface area contributed by atoms with Crippen molar-refractivity contribution in [3.63, 3.8) is 0 Å². The first kappa shape index (κ1) is 19.2. The quantitative estimate of drug-likeness (QED) is 0.609. The number of nitrogens with two attached hydrogens (primary N) is 1. The number of carbonyl (C=O) groups excluding carboxylic acids is 3. The van der Waals surface area contributed by atoms with E-state index in [1.165, 1.54) is 11.3 Å². The second-order valence-electron chi connectivity index (χ2n) is 7.07. The van der Waals surface area contributed by atoms with Crippen molar-refractivity contribution in [2.45, 2.75) is 32.7 Å². The van der Waals surface area contributed by atoms with Crippen LogP contribution in [-0.4, -0.2) is 29.0 Å².